The van der Waals surface area contributed by atoms with Gasteiger partial charge in [-0.15, -0.1) is 11.3 Å². The van der Waals surface area contributed by atoms with Crippen LogP contribution in [0.3, 0.4) is 0 Å². The van der Waals surface area contributed by atoms with Crippen LogP contribution in [-0.4, -0.2) is 35.6 Å². The van der Waals surface area contributed by atoms with Gasteiger partial charge in [-0.25, -0.2) is 9.78 Å². The third kappa shape index (κ3) is 4.58. The van der Waals surface area contributed by atoms with Crippen LogP contribution in [0.25, 0.3) is 11.3 Å². The van der Waals surface area contributed by atoms with Gasteiger partial charge in [-0.2, -0.15) is 0 Å². The van der Waals surface area contributed by atoms with Gasteiger partial charge in [0.2, 0.25) is 5.91 Å². The number of hydrogen-bond acceptors (Lipinski definition) is 6. The monoisotopic (exact) mass is 399 g/mol. The summed E-state index contributed by atoms with van der Waals surface area (Å²) in [5.74, 6) is 0.174. The molecule has 0 saturated heterocycles. The zero-order valence-corrected chi connectivity index (χ0v) is 16.7. The average Bonchev–Trinajstić information content (AvgIpc) is 3.34. The number of esters is 1. The van der Waals surface area contributed by atoms with Crippen molar-refractivity contribution in [3.63, 3.8) is 0 Å². The van der Waals surface area contributed by atoms with E-state index in [0.29, 0.717) is 16.5 Å². The van der Waals surface area contributed by atoms with E-state index in [-0.39, 0.29) is 18.9 Å². The maximum absolute atomic E-state index is 12.1. The first-order chi connectivity index (χ1) is 13.5. The first kappa shape index (κ1) is 19.6. The van der Waals surface area contributed by atoms with E-state index in [9.17, 15) is 9.59 Å². The van der Waals surface area contributed by atoms with Gasteiger partial charge in [0.1, 0.15) is 11.4 Å². The molecule has 1 aromatic carbocycles. The van der Waals surface area contributed by atoms with Gasteiger partial charge in [0.25, 0.3) is 0 Å². The number of carbonyl (C=O) groups is 2. The summed E-state index contributed by atoms with van der Waals surface area (Å²) in [6, 6.07) is 7.51. The second kappa shape index (κ2) is 8.71. The Labute approximate surface area is 166 Å². The number of nitrogens with zero attached hydrogens (tertiary/aromatic N) is 1. The Kier molecular flexibility index (Phi) is 6.10. The minimum atomic E-state index is -0.446. The number of H-pyrrole nitrogens is 1. The molecular formula is C20H21N3O4S. The summed E-state index contributed by atoms with van der Waals surface area (Å²) in [4.78, 5) is 30.9. The van der Waals surface area contributed by atoms with Crippen molar-refractivity contribution >= 4 is 28.3 Å². The standard InChI is InChI=1S/C20H21N3O4S/c1-12-5-4-6-17(13(12)2)27-8-7-18(24)23-20-22-16(11-28-20)14-9-15(21-10-14)19(25)26-3/h4-6,9-11,21H,7-8H2,1-3H3,(H,22,23,24). The van der Waals surface area contributed by atoms with Crippen molar-refractivity contribution in [2.75, 3.05) is 19.0 Å². The van der Waals surface area contributed by atoms with E-state index >= 15 is 0 Å². The molecule has 2 N–H and O–H groups in total. The molecule has 1 amide bonds. The van der Waals surface area contributed by atoms with E-state index in [2.05, 4.69) is 20.0 Å². The number of methoxy groups -OCH3 is 1. The largest absolute Gasteiger partial charge is 0.493 e. The predicted molar refractivity (Wildman–Crippen MR) is 108 cm³/mol. The van der Waals surface area contributed by atoms with Gasteiger partial charge in [-0.3, -0.25) is 4.79 Å². The molecule has 0 aliphatic rings. The molecular weight excluding hydrogens is 378 g/mol. The van der Waals surface area contributed by atoms with E-state index in [4.69, 9.17) is 4.74 Å². The molecule has 0 aliphatic heterocycles. The van der Waals surface area contributed by atoms with Crippen LogP contribution in [0.1, 0.15) is 28.0 Å². The fraction of sp³-hybridized carbons (Fsp3) is 0.250. The molecule has 3 aromatic rings. The van der Waals surface area contributed by atoms with E-state index in [0.717, 1.165) is 22.4 Å². The highest BCUT2D eigenvalue weighted by Crippen LogP contribution is 2.26. The lowest BCUT2D eigenvalue weighted by Gasteiger charge is -2.10. The summed E-state index contributed by atoms with van der Waals surface area (Å²) in [7, 11) is 1.32. The highest BCUT2D eigenvalue weighted by molar-refractivity contribution is 7.14. The van der Waals surface area contributed by atoms with Crippen LogP contribution in [0, 0.1) is 13.8 Å². The Bertz CT molecular complexity index is 993. The van der Waals surface area contributed by atoms with Crippen LogP contribution in [0.15, 0.2) is 35.8 Å². The zero-order chi connectivity index (χ0) is 20.1. The minimum absolute atomic E-state index is 0.171. The Hall–Kier alpha value is -3.13. The molecule has 0 bridgehead atoms. The van der Waals surface area contributed by atoms with Crippen LogP contribution >= 0.6 is 11.3 Å². The number of aromatic nitrogens is 2. The number of hydrogen-bond donors (Lipinski definition) is 2. The van der Waals surface area contributed by atoms with Crippen molar-refractivity contribution in [1.29, 1.82) is 0 Å². The highest BCUT2D eigenvalue weighted by Gasteiger charge is 2.13. The Morgan fingerprint density at radius 2 is 2.11 bits per heavy atom. The molecule has 3 rings (SSSR count). The van der Waals surface area contributed by atoms with Crippen molar-refractivity contribution in [2.24, 2.45) is 0 Å². The molecule has 0 fully saturated rings. The van der Waals surface area contributed by atoms with E-state index in [1.165, 1.54) is 18.4 Å². The van der Waals surface area contributed by atoms with Crippen LogP contribution in [0.5, 0.6) is 5.75 Å². The molecule has 146 valence electrons. The van der Waals surface area contributed by atoms with Gasteiger partial charge in [-0.05, 0) is 37.1 Å². The van der Waals surface area contributed by atoms with Gasteiger partial charge in [0, 0.05) is 17.1 Å². The lowest BCUT2D eigenvalue weighted by atomic mass is 10.1. The number of anilines is 1. The topological polar surface area (TPSA) is 93.3 Å². The number of ether oxygens (including phenoxy) is 2. The Balaban J connectivity index is 1.53. The quantitative estimate of drug-likeness (QED) is 0.587. The van der Waals surface area contributed by atoms with Crippen LogP contribution < -0.4 is 10.1 Å². The number of benzene rings is 1. The fourth-order valence-electron chi connectivity index (χ4n) is 2.55. The minimum Gasteiger partial charge on any atom is -0.493 e. The summed E-state index contributed by atoms with van der Waals surface area (Å²) >= 11 is 1.32. The Morgan fingerprint density at radius 1 is 1.29 bits per heavy atom. The molecule has 28 heavy (non-hydrogen) atoms. The number of carbonyl (C=O) groups excluding carboxylic acids is 2. The SMILES string of the molecule is COC(=O)c1cc(-c2csc(NC(=O)CCOc3cccc(C)c3C)n2)c[nH]1. The van der Waals surface area contributed by atoms with Crippen molar-refractivity contribution in [3.05, 3.63) is 52.7 Å². The number of amides is 1. The van der Waals surface area contributed by atoms with Crippen molar-refractivity contribution in [2.45, 2.75) is 20.3 Å². The summed E-state index contributed by atoms with van der Waals surface area (Å²) in [5, 5.41) is 5.08. The van der Waals surface area contributed by atoms with E-state index in [1.807, 2.05) is 37.4 Å². The molecule has 0 aliphatic carbocycles. The molecule has 0 unspecified atom stereocenters. The number of thiazole rings is 1. The highest BCUT2D eigenvalue weighted by atomic mass is 32.1. The van der Waals surface area contributed by atoms with E-state index in [1.54, 1.807) is 12.3 Å². The van der Waals surface area contributed by atoms with Gasteiger partial charge < -0.3 is 19.8 Å². The molecule has 2 heterocycles. The van der Waals surface area contributed by atoms with Gasteiger partial charge >= 0.3 is 5.97 Å². The predicted octanol–water partition coefficient (Wildman–Crippen LogP) is 3.95. The number of aromatic amines is 1. The van der Waals surface area contributed by atoms with Crippen molar-refractivity contribution in [1.82, 2.24) is 9.97 Å². The molecule has 0 spiro atoms. The Morgan fingerprint density at radius 3 is 2.89 bits per heavy atom. The molecule has 0 saturated carbocycles. The van der Waals surface area contributed by atoms with Crippen LogP contribution in [0.2, 0.25) is 0 Å². The maximum atomic E-state index is 12.1. The molecule has 0 radical (unpaired) electrons. The summed E-state index contributed by atoms with van der Waals surface area (Å²) in [6.07, 6.45) is 1.89. The first-order valence-electron chi connectivity index (χ1n) is 8.69. The molecule has 2 aromatic heterocycles. The van der Waals surface area contributed by atoms with Gasteiger partial charge in [-0.1, -0.05) is 12.1 Å². The first-order valence-corrected chi connectivity index (χ1v) is 9.57. The summed E-state index contributed by atoms with van der Waals surface area (Å²) < 4.78 is 10.4. The van der Waals surface area contributed by atoms with Crippen LogP contribution in [-0.2, 0) is 9.53 Å². The third-order valence-corrected chi connectivity index (χ3v) is 5.03. The second-order valence-electron chi connectivity index (χ2n) is 6.18. The molecule has 7 nitrogen and oxygen atoms in total. The van der Waals surface area contributed by atoms with E-state index < -0.39 is 5.97 Å². The average molecular weight is 399 g/mol. The third-order valence-electron chi connectivity index (χ3n) is 4.28. The lowest BCUT2D eigenvalue weighted by Crippen LogP contribution is -2.15. The number of nitrogens with one attached hydrogen (secondary N) is 2. The number of aryl methyl sites for hydroxylation is 1. The summed E-state index contributed by atoms with van der Waals surface area (Å²) in [5.41, 5.74) is 3.98. The fourth-order valence-corrected chi connectivity index (χ4v) is 3.29. The van der Waals surface area contributed by atoms with Crippen LogP contribution in [0.4, 0.5) is 5.13 Å². The maximum Gasteiger partial charge on any atom is 0.354 e. The van der Waals surface area contributed by atoms with Crippen molar-refractivity contribution < 1.29 is 19.1 Å². The summed E-state index contributed by atoms with van der Waals surface area (Å²) in [6.45, 7) is 4.30. The zero-order valence-electron chi connectivity index (χ0n) is 15.9. The van der Waals surface area contributed by atoms with Crippen molar-refractivity contribution in [3.8, 4) is 17.0 Å². The lowest BCUT2D eigenvalue weighted by molar-refractivity contribution is -0.116. The molecule has 8 heteroatoms. The molecule has 0 atom stereocenters. The number of rotatable bonds is 7. The smallest absolute Gasteiger partial charge is 0.354 e. The second-order valence-corrected chi connectivity index (χ2v) is 7.03. The normalized spacial score (nSPS) is 10.5. The van der Waals surface area contributed by atoms with Gasteiger partial charge in [0.15, 0.2) is 5.13 Å². The van der Waals surface area contributed by atoms with Gasteiger partial charge in [0.05, 0.1) is 25.8 Å².